The van der Waals surface area contributed by atoms with Crippen LogP contribution >= 0.6 is 0 Å². The quantitative estimate of drug-likeness (QED) is 0.915. The van der Waals surface area contributed by atoms with Crippen molar-refractivity contribution in [3.8, 4) is 5.75 Å². The van der Waals surface area contributed by atoms with Crippen molar-refractivity contribution in [2.75, 3.05) is 14.2 Å². The first-order valence-electron chi connectivity index (χ1n) is 7.06. The molecule has 0 aliphatic rings. The zero-order valence-electron chi connectivity index (χ0n) is 13.3. The fourth-order valence-corrected chi connectivity index (χ4v) is 2.78. The zero-order valence-corrected chi connectivity index (χ0v) is 13.3. The first kappa shape index (κ1) is 15.5. The van der Waals surface area contributed by atoms with Crippen LogP contribution in [0.15, 0.2) is 30.3 Å². The van der Waals surface area contributed by atoms with Crippen LogP contribution in [0.4, 0.5) is 4.39 Å². The van der Waals surface area contributed by atoms with Gasteiger partial charge in [0.15, 0.2) is 0 Å². The number of ether oxygens (including phenoxy) is 1. The molecule has 3 heteroatoms. The Balaban J connectivity index is 2.53. The summed E-state index contributed by atoms with van der Waals surface area (Å²) in [6.45, 7) is 6.04. The monoisotopic (exact) mass is 287 g/mol. The van der Waals surface area contributed by atoms with Crippen LogP contribution in [0.3, 0.4) is 0 Å². The van der Waals surface area contributed by atoms with Crippen molar-refractivity contribution in [1.29, 1.82) is 0 Å². The minimum Gasteiger partial charge on any atom is -0.496 e. The number of methoxy groups -OCH3 is 1. The molecule has 0 saturated carbocycles. The van der Waals surface area contributed by atoms with Gasteiger partial charge in [0, 0.05) is 0 Å². The van der Waals surface area contributed by atoms with Crippen LogP contribution in [-0.4, -0.2) is 14.2 Å². The summed E-state index contributed by atoms with van der Waals surface area (Å²) in [5.41, 5.74) is 5.47. The normalized spacial score (nSPS) is 12.3. The highest BCUT2D eigenvalue weighted by Crippen LogP contribution is 2.31. The molecule has 0 heterocycles. The second kappa shape index (κ2) is 6.27. The summed E-state index contributed by atoms with van der Waals surface area (Å²) >= 11 is 0. The first-order valence-corrected chi connectivity index (χ1v) is 7.06. The summed E-state index contributed by atoms with van der Waals surface area (Å²) in [6, 6.07) is 9.16. The highest BCUT2D eigenvalue weighted by atomic mass is 19.1. The third-order valence-corrected chi connectivity index (χ3v) is 3.93. The van der Waals surface area contributed by atoms with Crippen LogP contribution in [-0.2, 0) is 0 Å². The summed E-state index contributed by atoms with van der Waals surface area (Å²) in [6.07, 6.45) is 0. The van der Waals surface area contributed by atoms with Gasteiger partial charge in [0.25, 0.3) is 0 Å². The molecule has 0 amide bonds. The van der Waals surface area contributed by atoms with E-state index in [2.05, 4.69) is 18.3 Å². The van der Waals surface area contributed by atoms with Gasteiger partial charge in [-0.25, -0.2) is 4.39 Å². The molecule has 0 fully saturated rings. The lowest BCUT2D eigenvalue weighted by molar-refractivity contribution is 0.411. The molecule has 0 aromatic heterocycles. The second-order valence-corrected chi connectivity index (χ2v) is 5.40. The maximum atomic E-state index is 13.3. The zero-order chi connectivity index (χ0) is 15.6. The van der Waals surface area contributed by atoms with Crippen LogP contribution < -0.4 is 10.1 Å². The van der Waals surface area contributed by atoms with Crippen molar-refractivity contribution in [3.63, 3.8) is 0 Å². The maximum absolute atomic E-state index is 13.3. The lowest BCUT2D eigenvalue weighted by Gasteiger charge is -2.22. The predicted octanol–water partition coefficient (Wildman–Crippen LogP) is 4.07. The van der Waals surface area contributed by atoms with Gasteiger partial charge in [-0.2, -0.15) is 0 Å². The fourth-order valence-electron chi connectivity index (χ4n) is 2.78. The van der Waals surface area contributed by atoms with Crippen molar-refractivity contribution in [1.82, 2.24) is 5.32 Å². The van der Waals surface area contributed by atoms with Crippen LogP contribution in [0.25, 0.3) is 0 Å². The SMILES string of the molecule is CNC(c1ccc(F)cc1C)c1cc(C)c(OC)cc1C. The van der Waals surface area contributed by atoms with E-state index in [1.54, 1.807) is 13.2 Å². The highest BCUT2D eigenvalue weighted by Gasteiger charge is 2.18. The van der Waals surface area contributed by atoms with E-state index in [9.17, 15) is 4.39 Å². The number of benzene rings is 2. The van der Waals surface area contributed by atoms with Gasteiger partial charge in [0.05, 0.1) is 13.2 Å². The molecule has 2 aromatic rings. The molecule has 0 saturated heterocycles. The van der Waals surface area contributed by atoms with E-state index in [1.807, 2.05) is 33.0 Å². The standard InChI is InChI=1S/C18H22FNO/c1-11-8-14(19)6-7-15(11)18(20-4)16-9-13(3)17(21-5)10-12(16)2/h6-10,18,20H,1-5H3. The average molecular weight is 287 g/mol. The van der Waals surface area contributed by atoms with E-state index in [1.165, 1.54) is 11.6 Å². The summed E-state index contributed by atoms with van der Waals surface area (Å²) in [4.78, 5) is 0. The molecular weight excluding hydrogens is 265 g/mol. The molecule has 0 spiro atoms. The molecule has 0 radical (unpaired) electrons. The summed E-state index contributed by atoms with van der Waals surface area (Å²) < 4.78 is 18.7. The lowest BCUT2D eigenvalue weighted by Crippen LogP contribution is -2.20. The highest BCUT2D eigenvalue weighted by molar-refractivity contribution is 5.47. The van der Waals surface area contributed by atoms with Crippen LogP contribution in [0.2, 0.25) is 0 Å². The van der Waals surface area contributed by atoms with Crippen LogP contribution in [0.5, 0.6) is 5.75 Å². The molecule has 1 atom stereocenters. The molecule has 2 nitrogen and oxygen atoms in total. The summed E-state index contributed by atoms with van der Waals surface area (Å²) in [5, 5.41) is 3.34. The minimum absolute atomic E-state index is 0.0372. The molecule has 2 aromatic carbocycles. The first-order chi connectivity index (χ1) is 9.97. The van der Waals surface area contributed by atoms with E-state index in [0.717, 1.165) is 28.0 Å². The summed E-state index contributed by atoms with van der Waals surface area (Å²) in [5.74, 6) is 0.690. The van der Waals surface area contributed by atoms with Gasteiger partial charge in [0.1, 0.15) is 11.6 Å². The number of nitrogens with one attached hydrogen (secondary N) is 1. The van der Waals surface area contributed by atoms with E-state index in [-0.39, 0.29) is 11.9 Å². The van der Waals surface area contributed by atoms with E-state index < -0.39 is 0 Å². The molecule has 2 rings (SSSR count). The van der Waals surface area contributed by atoms with Crippen molar-refractivity contribution in [3.05, 3.63) is 64.0 Å². The van der Waals surface area contributed by atoms with Crippen molar-refractivity contribution in [2.45, 2.75) is 26.8 Å². The Labute approximate surface area is 126 Å². The maximum Gasteiger partial charge on any atom is 0.123 e. The summed E-state index contributed by atoms with van der Waals surface area (Å²) in [7, 11) is 3.60. The molecule has 0 aliphatic heterocycles. The van der Waals surface area contributed by atoms with E-state index in [0.29, 0.717) is 0 Å². The fraction of sp³-hybridized carbons (Fsp3) is 0.333. The third-order valence-electron chi connectivity index (χ3n) is 3.93. The van der Waals surface area contributed by atoms with E-state index in [4.69, 9.17) is 4.74 Å². The molecular formula is C18H22FNO. The predicted molar refractivity (Wildman–Crippen MR) is 84.5 cm³/mol. The van der Waals surface area contributed by atoms with Crippen LogP contribution in [0, 0.1) is 26.6 Å². The Kier molecular flexibility index (Phi) is 4.63. The Morgan fingerprint density at radius 2 is 1.62 bits per heavy atom. The topological polar surface area (TPSA) is 21.3 Å². The third kappa shape index (κ3) is 3.08. The van der Waals surface area contributed by atoms with Crippen molar-refractivity contribution >= 4 is 0 Å². The van der Waals surface area contributed by atoms with Gasteiger partial charge >= 0.3 is 0 Å². The smallest absolute Gasteiger partial charge is 0.123 e. The Hall–Kier alpha value is -1.87. The molecule has 0 aliphatic carbocycles. The van der Waals surface area contributed by atoms with Gasteiger partial charge in [-0.15, -0.1) is 0 Å². The van der Waals surface area contributed by atoms with Crippen molar-refractivity contribution in [2.24, 2.45) is 0 Å². The van der Waals surface area contributed by atoms with Crippen LogP contribution in [0.1, 0.15) is 33.9 Å². The average Bonchev–Trinajstić information content (AvgIpc) is 2.45. The molecule has 21 heavy (non-hydrogen) atoms. The van der Waals surface area contributed by atoms with E-state index >= 15 is 0 Å². The molecule has 0 bridgehead atoms. The lowest BCUT2D eigenvalue weighted by atomic mass is 9.91. The Morgan fingerprint density at radius 3 is 2.19 bits per heavy atom. The van der Waals surface area contributed by atoms with Gasteiger partial charge in [0.2, 0.25) is 0 Å². The van der Waals surface area contributed by atoms with Crippen molar-refractivity contribution < 1.29 is 9.13 Å². The number of hydrogen-bond donors (Lipinski definition) is 1. The number of halogens is 1. The Morgan fingerprint density at radius 1 is 0.952 bits per heavy atom. The molecule has 1 unspecified atom stereocenters. The Bertz CT molecular complexity index is 652. The largest absolute Gasteiger partial charge is 0.496 e. The number of hydrogen-bond acceptors (Lipinski definition) is 2. The number of aryl methyl sites for hydroxylation is 3. The minimum atomic E-state index is -0.200. The van der Waals surface area contributed by atoms with Gasteiger partial charge in [-0.3, -0.25) is 0 Å². The van der Waals surface area contributed by atoms with Gasteiger partial charge < -0.3 is 10.1 Å². The molecule has 1 N–H and O–H groups in total. The van der Waals surface area contributed by atoms with Gasteiger partial charge in [-0.05, 0) is 73.8 Å². The molecule has 112 valence electrons. The second-order valence-electron chi connectivity index (χ2n) is 5.40. The number of rotatable bonds is 4. The van der Waals surface area contributed by atoms with Gasteiger partial charge in [-0.1, -0.05) is 12.1 Å².